The molecule has 12 heteroatoms. The monoisotopic (exact) mass is 487 g/mol. The molecule has 0 aliphatic carbocycles. The number of hydrogen-bond donors (Lipinski definition) is 1. The molecule has 11 nitrogen and oxygen atoms in total. The number of hydrogen-bond acceptors (Lipinski definition) is 9. The number of nitrogen functional groups attached to an aromatic ring is 1. The fraction of sp³-hybridized carbons (Fsp3) is 0.364. The minimum atomic E-state index is -0.314. The summed E-state index contributed by atoms with van der Waals surface area (Å²) in [7, 11) is 0. The van der Waals surface area contributed by atoms with Crippen LogP contribution in [0.2, 0.25) is 5.15 Å². The highest BCUT2D eigenvalue weighted by molar-refractivity contribution is 6.30. The van der Waals surface area contributed by atoms with Crippen molar-refractivity contribution in [3.05, 3.63) is 52.2 Å². The predicted molar refractivity (Wildman–Crippen MR) is 126 cm³/mol. The molecule has 4 heterocycles. The maximum Gasteiger partial charge on any atom is 0.310 e. The Labute approximate surface area is 200 Å². The van der Waals surface area contributed by atoms with Gasteiger partial charge in [0, 0.05) is 34.6 Å². The van der Waals surface area contributed by atoms with Crippen LogP contribution >= 0.6 is 11.6 Å². The van der Waals surface area contributed by atoms with Gasteiger partial charge in [0.25, 0.3) is 0 Å². The molecule has 0 fully saturated rings. The van der Waals surface area contributed by atoms with Crippen molar-refractivity contribution in [2.75, 3.05) is 18.9 Å². The summed E-state index contributed by atoms with van der Waals surface area (Å²) in [5, 5.41) is 8.50. The average Bonchev–Trinajstić information content (AvgIpc) is 3.44. The van der Waals surface area contributed by atoms with Crippen LogP contribution in [0.5, 0.6) is 0 Å². The van der Waals surface area contributed by atoms with Gasteiger partial charge in [0.1, 0.15) is 11.0 Å². The third kappa shape index (κ3) is 5.42. The van der Waals surface area contributed by atoms with E-state index in [9.17, 15) is 9.59 Å². The highest BCUT2D eigenvalue weighted by atomic mass is 35.5. The van der Waals surface area contributed by atoms with E-state index in [0.717, 1.165) is 11.4 Å². The van der Waals surface area contributed by atoms with E-state index in [0.29, 0.717) is 46.6 Å². The van der Waals surface area contributed by atoms with Crippen molar-refractivity contribution in [3.63, 3.8) is 0 Å². The van der Waals surface area contributed by atoms with Crippen molar-refractivity contribution >= 4 is 40.7 Å². The van der Waals surface area contributed by atoms with Crippen molar-refractivity contribution in [2.45, 2.75) is 40.5 Å². The molecule has 0 spiro atoms. The van der Waals surface area contributed by atoms with E-state index < -0.39 is 0 Å². The van der Waals surface area contributed by atoms with E-state index in [4.69, 9.17) is 26.8 Å². The topological polar surface area (TPSA) is 139 Å². The molecule has 0 radical (unpaired) electrons. The number of aryl methyl sites for hydroxylation is 2. The smallest absolute Gasteiger partial charge is 0.310 e. The fourth-order valence-electron chi connectivity index (χ4n) is 3.30. The van der Waals surface area contributed by atoms with Gasteiger partial charge in [-0.05, 0) is 27.7 Å². The Morgan fingerprint density at radius 3 is 1.91 bits per heavy atom. The molecule has 0 aliphatic heterocycles. The quantitative estimate of drug-likeness (QED) is 0.321. The van der Waals surface area contributed by atoms with Gasteiger partial charge in [-0.1, -0.05) is 11.6 Å². The summed E-state index contributed by atoms with van der Waals surface area (Å²) >= 11 is 6.19. The van der Waals surface area contributed by atoms with E-state index in [-0.39, 0.29) is 24.8 Å². The lowest BCUT2D eigenvalue weighted by atomic mass is 10.1. The summed E-state index contributed by atoms with van der Waals surface area (Å²) in [6.07, 6.45) is 3.46. The molecule has 4 aromatic heterocycles. The van der Waals surface area contributed by atoms with E-state index in [2.05, 4.69) is 20.2 Å². The third-order valence-electron chi connectivity index (χ3n) is 4.91. The molecule has 0 aromatic carbocycles. The Morgan fingerprint density at radius 1 is 0.882 bits per heavy atom. The number of halogens is 1. The molecule has 0 unspecified atom stereocenters. The summed E-state index contributed by atoms with van der Waals surface area (Å²) < 4.78 is 12.8. The number of carbonyl (C=O) groups is 2. The first kappa shape index (κ1) is 24.9. The number of fused-ring (bicyclic) bond motifs is 2. The van der Waals surface area contributed by atoms with Gasteiger partial charge in [-0.2, -0.15) is 14.7 Å². The molecule has 4 aromatic rings. The molecule has 0 saturated carbocycles. The molecule has 2 N–H and O–H groups in total. The maximum absolute atomic E-state index is 11.5. The van der Waals surface area contributed by atoms with Crippen LogP contribution in [0.4, 0.5) is 5.82 Å². The van der Waals surface area contributed by atoms with Gasteiger partial charge in [-0.15, -0.1) is 0 Å². The van der Waals surface area contributed by atoms with Crippen LogP contribution in [-0.4, -0.2) is 54.3 Å². The molecular weight excluding hydrogens is 462 g/mol. The van der Waals surface area contributed by atoms with Gasteiger partial charge in [0.15, 0.2) is 11.3 Å². The van der Waals surface area contributed by atoms with E-state index >= 15 is 0 Å². The number of carbonyl (C=O) groups excluding carboxylic acids is 2. The van der Waals surface area contributed by atoms with Crippen molar-refractivity contribution in [2.24, 2.45) is 0 Å². The van der Waals surface area contributed by atoms with Crippen LogP contribution in [0.15, 0.2) is 24.5 Å². The van der Waals surface area contributed by atoms with Gasteiger partial charge < -0.3 is 15.2 Å². The third-order valence-corrected chi connectivity index (χ3v) is 5.30. The van der Waals surface area contributed by atoms with Gasteiger partial charge in [0.05, 0.1) is 38.4 Å². The lowest BCUT2D eigenvalue weighted by molar-refractivity contribution is -0.143. The first-order valence-corrected chi connectivity index (χ1v) is 11.0. The summed E-state index contributed by atoms with van der Waals surface area (Å²) in [5.74, 6) is -0.188. The van der Waals surface area contributed by atoms with E-state index in [1.807, 2.05) is 13.8 Å². The second-order valence-electron chi connectivity index (χ2n) is 7.19. The molecule has 0 saturated heterocycles. The number of nitrogens with two attached hydrogens (primary N) is 1. The van der Waals surface area contributed by atoms with Crippen LogP contribution < -0.4 is 5.73 Å². The van der Waals surface area contributed by atoms with Crippen LogP contribution in [0, 0.1) is 13.8 Å². The number of rotatable bonds is 6. The molecule has 0 amide bonds. The zero-order chi connectivity index (χ0) is 24.8. The number of aromatic nitrogens is 6. The second-order valence-corrected chi connectivity index (χ2v) is 7.55. The fourth-order valence-corrected chi connectivity index (χ4v) is 3.63. The normalized spacial score (nSPS) is 10.7. The van der Waals surface area contributed by atoms with Crippen molar-refractivity contribution < 1.29 is 19.1 Å². The highest BCUT2D eigenvalue weighted by Crippen LogP contribution is 2.21. The Hall–Kier alpha value is -3.73. The van der Waals surface area contributed by atoms with Crippen LogP contribution in [0.25, 0.3) is 11.3 Å². The molecule has 34 heavy (non-hydrogen) atoms. The van der Waals surface area contributed by atoms with Crippen LogP contribution in [0.1, 0.15) is 36.4 Å². The molecule has 0 aliphatic rings. The number of esters is 2. The van der Waals surface area contributed by atoms with Crippen molar-refractivity contribution in [3.8, 4) is 0 Å². The minimum absolute atomic E-state index is 0.112. The summed E-state index contributed by atoms with van der Waals surface area (Å²) in [5.41, 5.74) is 10.1. The summed E-state index contributed by atoms with van der Waals surface area (Å²) in [6.45, 7) is 7.87. The Balaban J connectivity index is 0.000000191. The summed E-state index contributed by atoms with van der Waals surface area (Å²) in [4.78, 5) is 31.5. The Morgan fingerprint density at radius 2 is 1.35 bits per heavy atom. The van der Waals surface area contributed by atoms with Gasteiger partial charge in [-0.3, -0.25) is 9.59 Å². The maximum atomic E-state index is 11.5. The van der Waals surface area contributed by atoms with Crippen LogP contribution in [-0.2, 0) is 31.9 Å². The molecule has 180 valence electrons. The standard InChI is InChI=1S/C11H12ClN3O2.C11H14N4O2/c2*1-3-17-10(16)6-8-7(2)14-9-4-5-13-15(9)11(8)12/h4-5H,3,6H2,1-2H3;4-5H,3,6,12H2,1-2H3. The molecule has 0 bridgehead atoms. The number of anilines is 1. The Kier molecular flexibility index (Phi) is 8.00. The lowest BCUT2D eigenvalue weighted by Crippen LogP contribution is -2.14. The first-order valence-electron chi connectivity index (χ1n) is 10.6. The molecule has 4 rings (SSSR count). The second kappa shape index (κ2) is 10.9. The van der Waals surface area contributed by atoms with E-state index in [1.165, 1.54) is 9.03 Å². The zero-order valence-electron chi connectivity index (χ0n) is 19.4. The van der Waals surface area contributed by atoms with Crippen molar-refractivity contribution in [1.29, 1.82) is 0 Å². The number of ether oxygens (including phenoxy) is 2. The van der Waals surface area contributed by atoms with Gasteiger partial charge in [0.2, 0.25) is 0 Å². The Bertz CT molecular complexity index is 1230. The minimum Gasteiger partial charge on any atom is -0.466 e. The number of nitrogens with zero attached hydrogens (tertiary/aromatic N) is 6. The van der Waals surface area contributed by atoms with E-state index in [1.54, 1.807) is 38.4 Å². The summed E-state index contributed by atoms with van der Waals surface area (Å²) in [6, 6.07) is 3.52. The van der Waals surface area contributed by atoms with Gasteiger partial charge >= 0.3 is 11.9 Å². The zero-order valence-corrected chi connectivity index (χ0v) is 20.2. The first-order chi connectivity index (χ1) is 16.3. The SMILES string of the molecule is CCOC(=O)Cc1c(C)nc2ccnn2c1Cl.CCOC(=O)Cc1c(C)nc2ccnn2c1N. The highest BCUT2D eigenvalue weighted by Gasteiger charge is 2.16. The van der Waals surface area contributed by atoms with Crippen LogP contribution in [0.3, 0.4) is 0 Å². The van der Waals surface area contributed by atoms with Crippen molar-refractivity contribution in [1.82, 2.24) is 29.2 Å². The largest absolute Gasteiger partial charge is 0.466 e. The predicted octanol–water partition coefficient (Wildman–Crippen LogP) is 2.52. The molecule has 0 atom stereocenters. The molecular formula is C22H26ClN7O4. The lowest BCUT2D eigenvalue weighted by Gasteiger charge is -2.09. The average molecular weight is 488 g/mol. The van der Waals surface area contributed by atoms with Gasteiger partial charge in [-0.25, -0.2) is 14.5 Å².